The number of aliphatic imine (C=N–C) groups is 1. The van der Waals surface area contributed by atoms with Gasteiger partial charge in [-0.1, -0.05) is 30.3 Å². The largest absolute Gasteiger partial charge is 0.493 e. The number of ether oxygens (including phenoxy) is 2. The monoisotopic (exact) mass is 365 g/mol. The predicted molar refractivity (Wildman–Crippen MR) is 107 cm³/mol. The summed E-state index contributed by atoms with van der Waals surface area (Å²) in [6.07, 6.45) is 0. The minimum absolute atomic E-state index is 0.106. The van der Waals surface area contributed by atoms with Crippen molar-refractivity contribution in [3.63, 3.8) is 0 Å². The van der Waals surface area contributed by atoms with Crippen molar-refractivity contribution in [2.45, 2.75) is 13.8 Å². The van der Waals surface area contributed by atoms with Crippen molar-refractivity contribution in [2.75, 3.05) is 20.3 Å². The molecule has 0 unspecified atom stereocenters. The maximum Gasteiger partial charge on any atom is 0.280 e. The highest BCUT2D eigenvalue weighted by Gasteiger charge is 2.14. The molecular weight excluding hydrogens is 342 g/mol. The van der Waals surface area contributed by atoms with Crippen LogP contribution in [0.25, 0.3) is 5.69 Å². The number of para-hydroxylation sites is 3. The molecule has 0 saturated carbocycles. The molecule has 1 heterocycles. The van der Waals surface area contributed by atoms with Gasteiger partial charge >= 0.3 is 0 Å². The second kappa shape index (κ2) is 8.40. The fraction of sp³-hybridized carbons (Fsp3) is 0.238. The molecule has 0 amide bonds. The average molecular weight is 365 g/mol. The van der Waals surface area contributed by atoms with E-state index < -0.39 is 0 Å². The third-order valence-electron chi connectivity index (χ3n) is 4.21. The van der Waals surface area contributed by atoms with Gasteiger partial charge in [0.15, 0.2) is 11.5 Å². The highest BCUT2D eigenvalue weighted by Crippen LogP contribution is 2.25. The molecule has 0 aliphatic heterocycles. The van der Waals surface area contributed by atoms with E-state index in [9.17, 15) is 4.79 Å². The van der Waals surface area contributed by atoms with Crippen LogP contribution in [-0.4, -0.2) is 35.8 Å². The minimum Gasteiger partial charge on any atom is -0.493 e. The third kappa shape index (κ3) is 4.11. The molecular formula is C21H23N3O3. The molecule has 3 rings (SSSR count). The molecule has 3 aromatic rings. The fourth-order valence-electron chi connectivity index (χ4n) is 2.92. The Labute approximate surface area is 158 Å². The van der Waals surface area contributed by atoms with Gasteiger partial charge in [0.2, 0.25) is 0 Å². The van der Waals surface area contributed by atoms with Crippen LogP contribution in [0.15, 0.2) is 64.4 Å². The standard InChI is InChI=1S/C21H23N3O3/c1-15(22-13-14-27-19-12-8-7-11-18(19)26-3)20-16(2)23-24(21(20)25)17-9-5-4-6-10-17/h4-12,23H,13-14H2,1-3H3. The summed E-state index contributed by atoms with van der Waals surface area (Å²) in [7, 11) is 1.61. The minimum atomic E-state index is -0.106. The van der Waals surface area contributed by atoms with Crippen LogP contribution in [0.5, 0.6) is 11.5 Å². The number of nitrogens with zero attached hydrogens (tertiary/aromatic N) is 2. The molecule has 1 aromatic heterocycles. The summed E-state index contributed by atoms with van der Waals surface area (Å²) < 4.78 is 12.5. The van der Waals surface area contributed by atoms with Crippen molar-refractivity contribution in [1.82, 2.24) is 9.78 Å². The zero-order valence-electron chi connectivity index (χ0n) is 15.7. The summed E-state index contributed by atoms with van der Waals surface area (Å²) in [6, 6.07) is 17.0. The summed E-state index contributed by atoms with van der Waals surface area (Å²) in [5, 5.41) is 3.12. The first-order valence-corrected chi connectivity index (χ1v) is 8.76. The molecule has 0 saturated heterocycles. The molecule has 0 fully saturated rings. The Hall–Kier alpha value is -3.28. The Balaban J connectivity index is 1.71. The van der Waals surface area contributed by atoms with Crippen LogP contribution in [0.4, 0.5) is 0 Å². The van der Waals surface area contributed by atoms with Crippen molar-refractivity contribution < 1.29 is 9.47 Å². The molecule has 0 bridgehead atoms. The number of nitrogens with one attached hydrogen (secondary N) is 1. The highest BCUT2D eigenvalue weighted by molar-refractivity contribution is 5.99. The van der Waals surface area contributed by atoms with Gasteiger partial charge in [-0.2, -0.15) is 0 Å². The van der Waals surface area contributed by atoms with Gasteiger partial charge in [0, 0.05) is 11.4 Å². The second-order valence-electron chi connectivity index (χ2n) is 6.05. The summed E-state index contributed by atoms with van der Waals surface area (Å²) in [5.74, 6) is 1.36. The smallest absolute Gasteiger partial charge is 0.280 e. The Kier molecular flexibility index (Phi) is 5.76. The van der Waals surface area contributed by atoms with Gasteiger partial charge in [0.25, 0.3) is 5.56 Å². The fourth-order valence-corrected chi connectivity index (χ4v) is 2.92. The van der Waals surface area contributed by atoms with Crippen molar-refractivity contribution in [2.24, 2.45) is 4.99 Å². The number of methoxy groups -OCH3 is 1. The van der Waals surface area contributed by atoms with Gasteiger partial charge in [-0.05, 0) is 38.1 Å². The van der Waals surface area contributed by atoms with Crippen molar-refractivity contribution in [1.29, 1.82) is 0 Å². The molecule has 0 spiro atoms. The molecule has 140 valence electrons. The molecule has 0 radical (unpaired) electrons. The van der Waals surface area contributed by atoms with Gasteiger partial charge in [0.1, 0.15) is 6.61 Å². The molecule has 1 N–H and O–H groups in total. The van der Waals surface area contributed by atoms with Gasteiger partial charge in [-0.3, -0.25) is 14.9 Å². The first-order chi connectivity index (χ1) is 13.1. The van der Waals surface area contributed by atoms with Gasteiger partial charge in [-0.15, -0.1) is 0 Å². The Morgan fingerprint density at radius 1 is 1.07 bits per heavy atom. The summed E-state index contributed by atoms with van der Waals surface area (Å²) in [6.45, 7) is 4.56. The van der Waals surface area contributed by atoms with Crippen LogP contribution in [-0.2, 0) is 0 Å². The molecule has 6 heteroatoms. The van der Waals surface area contributed by atoms with Gasteiger partial charge in [-0.25, -0.2) is 4.68 Å². The van der Waals surface area contributed by atoms with Crippen LogP contribution < -0.4 is 15.0 Å². The maximum absolute atomic E-state index is 12.8. The SMILES string of the molecule is COc1ccccc1OCCN=C(C)c1c(C)[nH]n(-c2ccccc2)c1=O. The number of aryl methyl sites for hydroxylation is 1. The van der Waals surface area contributed by atoms with Gasteiger partial charge < -0.3 is 9.47 Å². The lowest BCUT2D eigenvalue weighted by molar-refractivity contribution is 0.303. The molecule has 0 aliphatic rings. The topological polar surface area (TPSA) is 68.6 Å². The number of rotatable bonds is 7. The van der Waals surface area contributed by atoms with E-state index in [-0.39, 0.29) is 5.56 Å². The molecule has 6 nitrogen and oxygen atoms in total. The van der Waals surface area contributed by atoms with Crippen molar-refractivity contribution in [3.05, 3.63) is 76.2 Å². The van der Waals surface area contributed by atoms with E-state index in [0.29, 0.717) is 35.9 Å². The van der Waals surface area contributed by atoms with E-state index in [0.717, 1.165) is 11.4 Å². The molecule has 0 aliphatic carbocycles. The van der Waals surface area contributed by atoms with Crippen LogP contribution >= 0.6 is 0 Å². The summed E-state index contributed by atoms with van der Waals surface area (Å²) >= 11 is 0. The van der Waals surface area contributed by atoms with E-state index in [2.05, 4.69) is 10.1 Å². The lowest BCUT2D eigenvalue weighted by Crippen LogP contribution is -2.20. The maximum atomic E-state index is 12.8. The van der Waals surface area contributed by atoms with Crippen LogP contribution in [0.1, 0.15) is 18.2 Å². The Morgan fingerprint density at radius 2 is 1.74 bits per heavy atom. The van der Waals surface area contributed by atoms with Gasteiger partial charge in [0.05, 0.1) is 24.9 Å². The summed E-state index contributed by atoms with van der Waals surface area (Å²) in [4.78, 5) is 17.3. The van der Waals surface area contributed by atoms with Crippen LogP contribution in [0.3, 0.4) is 0 Å². The average Bonchev–Trinajstić information content (AvgIpc) is 3.00. The third-order valence-corrected chi connectivity index (χ3v) is 4.21. The first-order valence-electron chi connectivity index (χ1n) is 8.76. The first kappa shape index (κ1) is 18.5. The van der Waals surface area contributed by atoms with E-state index in [4.69, 9.17) is 9.47 Å². The number of aromatic amines is 1. The number of hydrogen-bond acceptors (Lipinski definition) is 4. The van der Waals surface area contributed by atoms with E-state index in [1.807, 2.05) is 68.4 Å². The molecule has 27 heavy (non-hydrogen) atoms. The normalized spacial score (nSPS) is 11.4. The number of benzene rings is 2. The van der Waals surface area contributed by atoms with E-state index in [1.54, 1.807) is 7.11 Å². The van der Waals surface area contributed by atoms with E-state index in [1.165, 1.54) is 4.68 Å². The zero-order chi connectivity index (χ0) is 19.2. The van der Waals surface area contributed by atoms with Crippen LogP contribution in [0.2, 0.25) is 0 Å². The highest BCUT2D eigenvalue weighted by atomic mass is 16.5. The Bertz CT molecular complexity index is 987. The number of aromatic nitrogens is 2. The summed E-state index contributed by atoms with van der Waals surface area (Å²) in [5.41, 5.74) is 2.76. The second-order valence-corrected chi connectivity index (χ2v) is 6.05. The molecule has 2 aromatic carbocycles. The number of hydrogen-bond donors (Lipinski definition) is 1. The van der Waals surface area contributed by atoms with Crippen molar-refractivity contribution >= 4 is 5.71 Å². The van der Waals surface area contributed by atoms with Crippen molar-refractivity contribution in [3.8, 4) is 17.2 Å². The predicted octanol–water partition coefficient (Wildman–Crippen LogP) is 3.37. The lowest BCUT2D eigenvalue weighted by atomic mass is 10.2. The quantitative estimate of drug-likeness (QED) is 0.516. The van der Waals surface area contributed by atoms with E-state index >= 15 is 0 Å². The zero-order valence-corrected chi connectivity index (χ0v) is 15.7. The van der Waals surface area contributed by atoms with Crippen LogP contribution in [0, 0.1) is 6.92 Å². The number of H-pyrrole nitrogens is 1. The Morgan fingerprint density at radius 3 is 2.44 bits per heavy atom. The lowest BCUT2D eigenvalue weighted by Gasteiger charge is -2.09. The molecule has 0 atom stereocenters.